The maximum absolute atomic E-state index is 13.0. The van der Waals surface area contributed by atoms with Crippen LogP contribution >= 0.6 is 0 Å². The second-order valence-corrected chi connectivity index (χ2v) is 17.6. The first-order valence-electron chi connectivity index (χ1n) is 25.1. The molecule has 1 rings (SSSR count). The van der Waals surface area contributed by atoms with E-state index in [-0.39, 0.29) is 12.5 Å². The minimum Gasteiger partial charge on any atom is -0.394 e. The van der Waals surface area contributed by atoms with Crippen molar-refractivity contribution >= 4 is 5.91 Å². The van der Waals surface area contributed by atoms with Gasteiger partial charge < -0.3 is 40.3 Å². The third-order valence-electron chi connectivity index (χ3n) is 12.1. The number of rotatable bonds is 42. The Morgan fingerprint density at radius 3 is 1.46 bits per heavy atom. The van der Waals surface area contributed by atoms with Gasteiger partial charge in [0.25, 0.3) is 0 Å². The Morgan fingerprint density at radius 2 is 0.983 bits per heavy atom. The number of allylic oxidation sites excluding steroid dienone is 4. The molecule has 1 fully saturated rings. The Bertz CT molecular complexity index is 977. The van der Waals surface area contributed by atoms with E-state index in [1.807, 2.05) is 0 Å². The number of carbonyl (C=O) groups is 1. The standard InChI is InChI=1S/C50H95NO8/c1-3-5-7-9-11-13-15-17-19-21-22-24-26-28-30-32-34-36-38-40-46(54)51-43(42-58-50-49(57)48(56)47(55)45(41-52)59-50)44(53)39-37-35-33-31-29-27-25-23-20-18-16-14-12-10-8-6-4-2/h11,13,15,17,43-45,47-50,52-53,55-57H,3-10,12,14,16,18-42H2,1-2H3,(H,51,54)/b13-11-,17-15-. The van der Waals surface area contributed by atoms with Crippen LogP contribution in [0.1, 0.15) is 232 Å². The Labute approximate surface area is 362 Å². The molecule has 0 aromatic carbocycles. The van der Waals surface area contributed by atoms with E-state index in [9.17, 15) is 30.3 Å². The van der Waals surface area contributed by atoms with Crippen LogP contribution in [0.15, 0.2) is 24.3 Å². The third-order valence-corrected chi connectivity index (χ3v) is 12.1. The Hall–Kier alpha value is -1.33. The smallest absolute Gasteiger partial charge is 0.220 e. The van der Waals surface area contributed by atoms with Crippen molar-refractivity contribution in [1.82, 2.24) is 5.32 Å². The minimum absolute atomic E-state index is 0.137. The predicted molar refractivity (Wildman–Crippen MR) is 244 cm³/mol. The van der Waals surface area contributed by atoms with Crippen LogP contribution in [0.4, 0.5) is 0 Å². The normalized spacial score (nSPS) is 20.8. The van der Waals surface area contributed by atoms with E-state index in [1.165, 1.54) is 161 Å². The fraction of sp³-hybridized carbons (Fsp3) is 0.900. The topological polar surface area (TPSA) is 149 Å². The molecule has 0 aromatic rings. The number of hydrogen-bond acceptors (Lipinski definition) is 8. The summed E-state index contributed by atoms with van der Waals surface area (Å²) in [5.41, 5.74) is 0. The number of unbranched alkanes of at least 4 members (excludes halogenated alkanes) is 29. The SMILES string of the molecule is CCCCC/C=C\C=C/CCCCCCCCCCCCC(=O)NC(COC1OC(CO)C(O)C(O)C1O)C(O)CCCCCCCCCCCCCCCCCCC. The number of ether oxygens (including phenoxy) is 2. The lowest BCUT2D eigenvalue weighted by Gasteiger charge is -2.40. The van der Waals surface area contributed by atoms with Gasteiger partial charge in [0.15, 0.2) is 6.29 Å². The summed E-state index contributed by atoms with van der Waals surface area (Å²) < 4.78 is 11.3. The summed E-state index contributed by atoms with van der Waals surface area (Å²) in [7, 11) is 0. The molecule has 1 amide bonds. The maximum atomic E-state index is 13.0. The van der Waals surface area contributed by atoms with Crippen molar-refractivity contribution in [2.75, 3.05) is 13.2 Å². The summed E-state index contributed by atoms with van der Waals surface area (Å²) in [5.74, 6) is -0.147. The summed E-state index contributed by atoms with van der Waals surface area (Å²) in [4.78, 5) is 13.0. The van der Waals surface area contributed by atoms with Crippen LogP contribution in [0.25, 0.3) is 0 Å². The van der Waals surface area contributed by atoms with Crippen LogP contribution in [-0.2, 0) is 14.3 Å². The van der Waals surface area contributed by atoms with Crippen LogP contribution in [0.2, 0.25) is 0 Å². The molecule has 1 heterocycles. The third kappa shape index (κ3) is 31.2. The molecule has 9 heteroatoms. The van der Waals surface area contributed by atoms with E-state index in [4.69, 9.17) is 9.47 Å². The maximum Gasteiger partial charge on any atom is 0.220 e. The van der Waals surface area contributed by atoms with Gasteiger partial charge in [0, 0.05) is 6.42 Å². The van der Waals surface area contributed by atoms with E-state index in [0.29, 0.717) is 12.8 Å². The molecule has 1 aliphatic rings. The molecule has 1 aliphatic heterocycles. The molecular formula is C50H95NO8. The molecule has 6 N–H and O–H groups in total. The number of hydrogen-bond donors (Lipinski definition) is 6. The molecule has 9 nitrogen and oxygen atoms in total. The molecule has 7 atom stereocenters. The molecule has 0 aliphatic carbocycles. The van der Waals surface area contributed by atoms with Crippen LogP contribution in [0.3, 0.4) is 0 Å². The zero-order chi connectivity index (χ0) is 43.0. The number of amides is 1. The molecule has 0 spiro atoms. The van der Waals surface area contributed by atoms with Gasteiger partial charge in [-0.2, -0.15) is 0 Å². The summed E-state index contributed by atoms with van der Waals surface area (Å²) in [6, 6.07) is -0.718. The zero-order valence-electron chi connectivity index (χ0n) is 38.3. The molecule has 7 unspecified atom stereocenters. The average molecular weight is 838 g/mol. The number of nitrogens with one attached hydrogen (secondary N) is 1. The minimum atomic E-state index is -1.55. The largest absolute Gasteiger partial charge is 0.394 e. The molecule has 348 valence electrons. The van der Waals surface area contributed by atoms with Crippen LogP contribution < -0.4 is 5.32 Å². The van der Waals surface area contributed by atoms with Gasteiger partial charge in [0.2, 0.25) is 5.91 Å². The van der Waals surface area contributed by atoms with Crippen molar-refractivity contribution in [2.24, 2.45) is 0 Å². The van der Waals surface area contributed by atoms with Gasteiger partial charge in [-0.15, -0.1) is 0 Å². The molecular weight excluding hydrogens is 743 g/mol. The van der Waals surface area contributed by atoms with Crippen LogP contribution in [-0.4, -0.2) is 87.5 Å². The quantitative estimate of drug-likeness (QED) is 0.0263. The first-order valence-corrected chi connectivity index (χ1v) is 25.1. The monoisotopic (exact) mass is 838 g/mol. The molecule has 0 saturated carbocycles. The molecule has 1 saturated heterocycles. The fourth-order valence-corrected chi connectivity index (χ4v) is 8.03. The predicted octanol–water partition coefficient (Wildman–Crippen LogP) is 11.1. The zero-order valence-corrected chi connectivity index (χ0v) is 38.3. The summed E-state index contributed by atoms with van der Waals surface area (Å²) in [5, 5.41) is 54.5. The van der Waals surface area contributed by atoms with Gasteiger partial charge >= 0.3 is 0 Å². The molecule has 59 heavy (non-hydrogen) atoms. The summed E-state index contributed by atoms with van der Waals surface area (Å²) in [6.45, 7) is 3.82. The van der Waals surface area contributed by atoms with Crippen LogP contribution in [0, 0.1) is 0 Å². The lowest BCUT2D eigenvalue weighted by atomic mass is 9.99. The fourth-order valence-electron chi connectivity index (χ4n) is 8.03. The number of aliphatic hydroxyl groups is 5. The van der Waals surface area contributed by atoms with Gasteiger partial charge in [-0.25, -0.2) is 0 Å². The van der Waals surface area contributed by atoms with Gasteiger partial charge in [-0.05, 0) is 38.5 Å². The molecule has 0 bridgehead atoms. The second-order valence-electron chi connectivity index (χ2n) is 17.6. The van der Waals surface area contributed by atoms with Gasteiger partial charge in [0.05, 0.1) is 25.4 Å². The Kier molecular flexibility index (Phi) is 38.4. The van der Waals surface area contributed by atoms with E-state index < -0.39 is 49.5 Å². The average Bonchev–Trinajstić information content (AvgIpc) is 3.23. The van der Waals surface area contributed by atoms with Crippen molar-refractivity contribution in [3.63, 3.8) is 0 Å². The second kappa shape index (κ2) is 40.7. The van der Waals surface area contributed by atoms with E-state index in [1.54, 1.807) is 0 Å². The molecule has 0 aromatic heterocycles. The van der Waals surface area contributed by atoms with E-state index in [2.05, 4.69) is 43.5 Å². The highest BCUT2D eigenvalue weighted by atomic mass is 16.7. The van der Waals surface area contributed by atoms with Crippen LogP contribution in [0.5, 0.6) is 0 Å². The number of carbonyl (C=O) groups excluding carboxylic acids is 1. The van der Waals surface area contributed by atoms with Crippen molar-refractivity contribution < 1.29 is 39.8 Å². The van der Waals surface area contributed by atoms with Crippen molar-refractivity contribution in [1.29, 1.82) is 0 Å². The van der Waals surface area contributed by atoms with Gasteiger partial charge in [-0.1, -0.05) is 212 Å². The van der Waals surface area contributed by atoms with Crippen molar-refractivity contribution in [2.45, 2.75) is 275 Å². The first kappa shape index (κ1) is 55.7. The highest BCUT2D eigenvalue weighted by molar-refractivity contribution is 5.76. The highest BCUT2D eigenvalue weighted by Gasteiger charge is 2.44. The Balaban J connectivity index is 2.28. The first-order chi connectivity index (χ1) is 28.8. The van der Waals surface area contributed by atoms with E-state index in [0.717, 1.165) is 44.9 Å². The summed E-state index contributed by atoms with van der Waals surface area (Å²) in [6.07, 6.45) is 41.8. The van der Waals surface area contributed by atoms with E-state index >= 15 is 0 Å². The van der Waals surface area contributed by atoms with Gasteiger partial charge in [-0.3, -0.25) is 4.79 Å². The lowest BCUT2D eigenvalue weighted by molar-refractivity contribution is -0.302. The summed E-state index contributed by atoms with van der Waals surface area (Å²) >= 11 is 0. The highest BCUT2D eigenvalue weighted by Crippen LogP contribution is 2.23. The number of aliphatic hydroxyl groups excluding tert-OH is 5. The van der Waals surface area contributed by atoms with Crippen molar-refractivity contribution in [3.8, 4) is 0 Å². The lowest BCUT2D eigenvalue weighted by Crippen LogP contribution is -2.60. The molecule has 0 radical (unpaired) electrons. The Morgan fingerprint density at radius 1 is 0.576 bits per heavy atom. The van der Waals surface area contributed by atoms with Gasteiger partial charge in [0.1, 0.15) is 24.4 Å². The van der Waals surface area contributed by atoms with Crippen molar-refractivity contribution in [3.05, 3.63) is 24.3 Å².